The van der Waals surface area contributed by atoms with Crippen LogP contribution >= 0.6 is 0 Å². The third kappa shape index (κ3) is 4.19. The average Bonchev–Trinajstić information content (AvgIpc) is 2.21. The Kier molecular flexibility index (Phi) is 4.94. The van der Waals surface area contributed by atoms with E-state index in [1.54, 1.807) is 0 Å². The zero-order valence-corrected chi connectivity index (χ0v) is 13.7. The van der Waals surface area contributed by atoms with Gasteiger partial charge in [0.2, 0.25) is 0 Å². The minimum absolute atomic E-state index is 0.388. The molecule has 0 amide bonds. The molecular weight excluding hydrogens is 232 g/mol. The molecule has 2 heteroatoms. The quantitative estimate of drug-likeness (QED) is 0.837. The Morgan fingerprint density at radius 3 is 2.37 bits per heavy atom. The summed E-state index contributed by atoms with van der Waals surface area (Å²) < 4.78 is 0. The van der Waals surface area contributed by atoms with Crippen molar-refractivity contribution in [1.82, 2.24) is 10.2 Å². The monoisotopic (exact) mass is 266 g/mol. The van der Waals surface area contributed by atoms with E-state index < -0.39 is 0 Å². The molecule has 0 aromatic carbocycles. The van der Waals surface area contributed by atoms with Crippen molar-refractivity contribution in [3.05, 3.63) is 0 Å². The van der Waals surface area contributed by atoms with Crippen molar-refractivity contribution in [3.8, 4) is 0 Å². The van der Waals surface area contributed by atoms with Crippen LogP contribution in [0.2, 0.25) is 0 Å². The van der Waals surface area contributed by atoms with Crippen LogP contribution in [0.15, 0.2) is 0 Å². The van der Waals surface area contributed by atoms with Gasteiger partial charge in [0.25, 0.3) is 0 Å². The van der Waals surface area contributed by atoms with Crippen molar-refractivity contribution in [2.45, 2.75) is 72.4 Å². The van der Waals surface area contributed by atoms with Crippen LogP contribution in [0.4, 0.5) is 0 Å². The Labute approximate surface area is 120 Å². The van der Waals surface area contributed by atoms with Crippen molar-refractivity contribution < 1.29 is 0 Å². The highest BCUT2D eigenvalue weighted by molar-refractivity contribution is 4.94. The molecule has 0 spiro atoms. The van der Waals surface area contributed by atoms with E-state index in [0.717, 1.165) is 11.8 Å². The second-order valence-electron chi connectivity index (χ2n) is 8.37. The van der Waals surface area contributed by atoms with E-state index in [2.05, 4.69) is 44.8 Å². The van der Waals surface area contributed by atoms with Gasteiger partial charge in [0.05, 0.1) is 0 Å². The predicted octanol–water partition coefficient (Wildman–Crippen LogP) is 3.52. The molecule has 112 valence electrons. The van der Waals surface area contributed by atoms with Crippen LogP contribution in [0, 0.1) is 17.3 Å². The number of nitrogens with one attached hydrogen (secondary N) is 1. The molecule has 0 bridgehead atoms. The molecule has 2 atom stereocenters. The summed E-state index contributed by atoms with van der Waals surface area (Å²) in [4.78, 5) is 2.81. The Balaban J connectivity index is 1.96. The van der Waals surface area contributed by atoms with Crippen molar-refractivity contribution in [2.75, 3.05) is 19.6 Å². The minimum atomic E-state index is 0.388. The second-order valence-corrected chi connectivity index (χ2v) is 8.37. The lowest BCUT2D eigenvalue weighted by Gasteiger charge is -2.48. The van der Waals surface area contributed by atoms with E-state index in [1.807, 2.05) is 0 Å². The third-order valence-electron chi connectivity index (χ3n) is 4.97. The smallest absolute Gasteiger partial charge is 0.0269 e. The molecule has 1 saturated heterocycles. The number of rotatable bonds is 4. The fourth-order valence-electron chi connectivity index (χ4n) is 3.67. The summed E-state index contributed by atoms with van der Waals surface area (Å²) in [5.41, 5.74) is 0.388. The zero-order valence-electron chi connectivity index (χ0n) is 13.7. The maximum atomic E-state index is 3.80. The molecule has 19 heavy (non-hydrogen) atoms. The van der Waals surface area contributed by atoms with E-state index in [-0.39, 0.29) is 0 Å². The fraction of sp³-hybridized carbons (Fsp3) is 1.00. The maximum absolute atomic E-state index is 3.80. The molecule has 1 heterocycles. The van der Waals surface area contributed by atoms with Gasteiger partial charge < -0.3 is 5.32 Å². The van der Waals surface area contributed by atoms with E-state index in [4.69, 9.17) is 0 Å². The lowest BCUT2D eigenvalue weighted by atomic mass is 9.80. The maximum Gasteiger partial charge on any atom is 0.0269 e. The second kappa shape index (κ2) is 6.13. The van der Waals surface area contributed by atoms with Gasteiger partial charge in [-0.15, -0.1) is 0 Å². The van der Waals surface area contributed by atoms with Gasteiger partial charge in [0.1, 0.15) is 0 Å². The van der Waals surface area contributed by atoms with Crippen LogP contribution in [0.5, 0.6) is 0 Å². The largest absolute Gasteiger partial charge is 0.311 e. The molecule has 1 saturated carbocycles. The van der Waals surface area contributed by atoms with E-state index in [0.29, 0.717) is 17.5 Å². The molecule has 0 aromatic rings. The number of hydrogen-bond donors (Lipinski definition) is 1. The van der Waals surface area contributed by atoms with Crippen molar-refractivity contribution in [3.63, 3.8) is 0 Å². The first-order valence-corrected chi connectivity index (χ1v) is 8.33. The van der Waals surface area contributed by atoms with Crippen LogP contribution in [0.25, 0.3) is 0 Å². The predicted molar refractivity (Wildman–Crippen MR) is 83.4 cm³/mol. The van der Waals surface area contributed by atoms with E-state index in [9.17, 15) is 0 Å². The lowest BCUT2D eigenvalue weighted by molar-refractivity contribution is 0.0281. The normalized spacial score (nSPS) is 30.6. The van der Waals surface area contributed by atoms with Gasteiger partial charge in [-0.3, -0.25) is 4.90 Å². The third-order valence-corrected chi connectivity index (χ3v) is 4.97. The molecule has 2 nitrogen and oxygen atoms in total. The summed E-state index contributed by atoms with van der Waals surface area (Å²) in [5, 5.41) is 3.80. The molecule has 2 fully saturated rings. The van der Waals surface area contributed by atoms with Gasteiger partial charge in [0.15, 0.2) is 0 Å². The molecule has 1 N–H and O–H groups in total. The Bertz CT molecular complexity index is 275. The summed E-state index contributed by atoms with van der Waals surface area (Å²) >= 11 is 0. The standard InChI is InChI=1S/C17H34N2/c1-13(2)9-15-12-19(11-14-7-6-8-14)16(10-18-15)17(3,4)5/h13-16,18H,6-12H2,1-5H3. The first-order valence-electron chi connectivity index (χ1n) is 8.33. The fourth-order valence-corrected chi connectivity index (χ4v) is 3.67. The van der Waals surface area contributed by atoms with Gasteiger partial charge >= 0.3 is 0 Å². The Hall–Kier alpha value is -0.0800. The Morgan fingerprint density at radius 2 is 1.89 bits per heavy atom. The molecule has 1 aliphatic carbocycles. The van der Waals surface area contributed by atoms with E-state index >= 15 is 0 Å². The summed E-state index contributed by atoms with van der Waals surface area (Å²) in [5.74, 6) is 1.79. The Morgan fingerprint density at radius 1 is 1.21 bits per heavy atom. The minimum Gasteiger partial charge on any atom is -0.311 e. The molecule has 2 rings (SSSR count). The molecule has 2 unspecified atom stereocenters. The van der Waals surface area contributed by atoms with Crippen molar-refractivity contribution in [1.29, 1.82) is 0 Å². The van der Waals surface area contributed by atoms with Crippen molar-refractivity contribution in [2.24, 2.45) is 17.3 Å². The van der Waals surface area contributed by atoms with Gasteiger partial charge in [-0.05, 0) is 36.5 Å². The topological polar surface area (TPSA) is 15.3 Å². The van der Waals surface area contributed by atoms with Crippen molar-refractivity contribution >= 4 is 0 Å². The van der Waals surface area contributed by atoms with Crippen LogP contribution in [-0.4, -0.2) is 36.6 Å². The first kappa shape index (κ1) is 15.3. The summed E-state index contributed by atoms with van der Waals surface area (Å²) in [7, 11) is 0. The van der Waals surface area contributed by atoms with Crippen LogP contribution in [0.3, 0.4) is 0 Å². The molecular formula is C17H34N2. The number of hydrogen-bond acceptors (Lipinski definition) is 2. The first-order chi connectivity index (χ1) is 8.86. The zero-order chi connectivity index (χ0) is 14.0. The highest BCUT2D eigenvalue weighted by Gasteiger charge is 2.37. The number of piperazine rings is 1. The summed E-state index contributed by atoms with van der Waals surface area (Å²) in [6.07, 6.45) is 5.72. The molecule has 0 radical (unpaired) electrons. The molecule has 0 aromatic heterocycles. The lowest BCUT2D eigenvalue weighted by Crippen LogP contribution is -2.61. The summed E-state index contributed by atoms with van der Waals surface area (Å²) in [6, 6.07) is 1.41. The number of nitrogens with zero attached hydrogens (tertiary/aromatic N) is 1. The van der Waals surface area contributed by atoms with Gasteiger partial charge in [-0.25, -0.2) is 0 Å². The van der Waals surface area contributed by atoms with Crippen LogP contribution in [0.1, 0.15) is 60.3 Å². The summed E-state index contributed by atoms with van der Waals surface area (Å²) in [6.45, 7) is 15.7. The highest BCUT2D eigenvalue weighted by atomic mass is 15.2. The molecule has 1 aliphatic heterocycles. The van der Waals surface area contributed by atoms with Gasteiger partial charge in [-0.2, -0.15) is 0 Å². The average molecular weight is 266 g/mol. The highest BCUT2D eigenvalue weighted by Crippen LogP contribution is 2.32. The van der Waals surface area contributed by atoms with Crippen LogP contribution in [-0.2, 0) is 0 Å². The molecule has 2 aliphatic rings. The van der Waals surface area contributed by atoms with E-state index in [1.165, 1.54) is 45.3 Å². The van der Waals surface area contributed by atoms with Crippen LogP contribution < -0.4 is 5.32 Å². The van der Waals surface area contributed by atoms with Gasteiger partial charge in [-0.1, -0.05) is 41.0 Å². The van der Waals surface area contributed by atoms with Gasteiger partial charge in [0, 0.05) is 31.7 Å². The SMILES string of the molecule is CC(C)CC1CN(CC2CCC2)C(C(C)(C)C)CN1.